The summed E-state index contributed by atoms with van der Waals surface area (Å²) in [6, 6.07) is -0.846. The minimum atomic E-state index is -4.35. The molecule has 0 aliphatic heterocycles. The van der Waals surface area contributed by atoms with Crippen LogP contribution in [0.3, 0.4) is 0 Å². The number of quaternary nitrogens is 1. The Morgan fingerprint density at radius 2 is 0.771 bits per heavy atom. The molecule has 0 fully saturated rings. The highest BCUT2D eigenvalue weighted by Gasteiger charge is 2.27. The van der Waals surface area contributed by atoms with Crippen molar-refractivity contribution in [1.29, 1.82) is 0 Å². The lowest BCUT2D eigenvalue weighted by Gasteiger charge is -2.25. The number of nitrogens with zero attached hydrogens (tertiary/aromatic N) is 1. The molecule has 0 aromatic rings. The molecule has 8 nitrogen and oxygen atoms in total. The first-order valence-electron chi connectivity index (χ1n) is 30.7. The molecule has 0 bridgehead atoms. The molecule has 0 spiro atoms. The standard InChI is InChI=1S/C61H121N2O6P/c1-6-8-10-12-14-16-18-20-22-24-26-27-28-29-30-31-32-33-34-35-37-38-40-42-44-46-48-50-52-54-60(64)59(58-69-70(66,67)68-57-56-63(3,4)5)62-61(65)55-53-51-49-47-45-43-41-39-36-25-23-21-19-17-15-13-11-9-7-2/h21,23,52,54,59-60,64H,6-20,22,24-51,53,55-58H2,1-5H3,(H-,62,65,66,67)/p+1/b23-21-,54-52+. The second-order valence-corrected chi connectivity index (χ2v) is 23.9. The van der Waals surface area contributed by atoms with Crippen LogP contribution in [-0.4, -0.2) is 73.4 Å². The first kappa shape index (κ1) is 69.0. The normalized spacial score (nSPS) is 14.0. The molecule has 3 unspecified atom stereocenters. The predicted molar refractivity (Wildman–Crippen MR) is 305 cm³/mol. The lowest BCUT2D eigenvalue weighted by molar-refractivity contribution is -0.870. The Morgan fingerprint density at radius 1 is 0.471 bits per heavy atom. The van der Waals surface area contributed by atoms with Gasteiger partial charge in [-0.3, -0.25) is 13.8 Å². The number of aliphatic hydroxyl groups excluding tert-OH is 1. The summed E-state index contributed by atoms with van der Waals surface area (Å²) in [4.78, 5) is 23.3. The minimum Gasteiger partial charge on any atom is -0.387 e. The fraction of sp³-hybridized carbons (Fsp3) is 0.918. The van der Waals surface area contributed by atoms with Gasteiger partial charge >= 0.3 is 7.82 Å². The number of hydrogen-bond donors (Lipinski definition) is 3. The zero-order valence-electron chi connectivity index (χ0n) is 47.5. The number of carbonyl (C=O) groups is 1. The van der Waals surface area contributed by atoms with Crippen molar-refractivity contribution in [3.8, 4) is 0 Å². The van der Waals surface area contributed by atoms with Crippen molar-refractivity contribution in [2.45, 2.75) is 321 Å². The van der Waals surface area contributed by atoms with E-state index in [9.17, 15) is 19.4 Å². The highest BCUT2D eigenvalue weighted by atomic mass is 31.2. The number of aliphatic hydroxyl groups is 1. The summed E-state index contributed by atoms with van der Waals surface area (Å²) in [7, 11) is 1.58. The van der Waals surface area contributed by atoms with Crippen LogP contribution >= 0.6 is 7.82 Å². The van der Waals surface area contributed by atoms with E-state index in [1.54, 1.807) is 6.08 Å². The summed E-state index contributed by atoms with van der Waals surface area (Å²) in [5.41, 5.74) is 0. The van der Waals surface area contributed by atoms with Crippen molar-refractivity contribution in [3.05, 3.63) is 24.3 Å². The maximum absolute atomic E-state index is 13.0. The summed E-state index contributed by atoms with van der Waals surface area (Å²) in [6.45, 7) is 4.86. The Labute approximate surface area is 436 Å². The number of amides is 1. The number of rotatable bonds is 57. The zero-order chi connectivity index (χ0) is 51.3. The first-order valence-corrected chi connectivity index (χ1v) is 32.2. The van der Waals surface area contributed by atoms with E-state index in [1.165, 1.54) is 257 Å². The van der Waals surface area contributed by atoms with Crippen molar-refractivity contribution >= 4 is 13.7 Å². The van der Waals surface area contributed by atoms with Crippen molar-refractivity contribution in [1.82, 2.24) is 5.32 Å². The second-order valence-electron chi connectivity index (χ2n) is 22.4. The van der Waals surface area contributed by atoms with Crippen molar-refractivity contribution in [2.75, 3.05) is 40.9 Å². The van der Waals surface area contributed by atoms with Crippen LogP contribution in [0.1, 0.15) is 309 Å². The molecule has 0 heterocycles. The molecule has 1 amide bonds. The van der Waals surface area contributed by atoms with Crippen LogP contribution in [0.15, 0.2) is 24.3 Å². The van der Waals surface area contributed by atoms with E-state index in [4.69, 9.17) is 9.05 Å². The Bertz CT molecular complexity index is 1190. The monoisotopic (exact) mass is 1010 g/mol. The first-order chi connectivity index (χ1) is 34.0. The van der Waals surface area contributed by atoms with Crippen molar-refractivity contribution in [2.24, 2.45) is 0 Å². The van der Waals surface area contributed by atoms with Crippen LogP contribution in [0.25, 0.3) is 0 Å². The highest BCUT2D eigenvalue weighted by Crippen LogP contribution is 2.43. The lowest BCUT2D eigenvalue weighted by Crippen LogP contribution is -2.45. The van der Waals surface area contributed by atoms with Crippen LogP contribution in [0.2, 0.25) is 0 Å². The number of phosphoric ester groups is 1. The highest BCUT2D eigenvalue weighted by molar-refractivity contribution is 7.47. The Morgan fingerprint density at radius 3 is 1.10 bits per heavy atom. The van der Waals surface area contributed by atoms with Crippen LogP contribution in [0.5, 0.6) is 0 Å². The van der Waals surface area contributed by atoms with E-state index in [2.05, 4.69) is 31.3 Å². The van der Waals surface area contributed by atoms with Gasteiger partial charge in [0.05, 0.1) is 39.9 Å². The fourth-order valence-electron chi connectivity index (χ4n) is 9.33. The molecular formula is C61H122N2O6P+. The summed E-state index contributed by atoms with van der Waals surface area (Å²) < 4.78 is 23.7. The third kappa shape index (κ3) is 54.7. The van der Waals surface area contributed by atoms with Crippen LogP contribution in [0, 0.1) is 0 Å². The van der Waals surface area contributed by atoms with Gasteiger partial charge in [-0.05, 0) is 44.9 Å². The number of carbonyl (C=O) groups excluding carboxylic acids is 1. The minimum absolute atomic E-state index is 0.0629. The number of unbranched alkanes of at least 4 members (excludes halogenated alkanes) is 42. The summed E-state index contributed by atoms with van der Waals surface area (Å²) in [5, 5.41) is 14.0. The van der Waals surface area contributed by atoms with Gasteiger partial charge in [-0.2, -0.15) is 0 Å². The summed E-state index contributed by atoms with van der Waals surface area (Å²) >= 11 is 0. The van der Waals surface area contributed by atoms with E-state index in [0.29, 0.717) is 17.4 Å². The molecule has 416 valence electrons. The molecule has 0 saturated heterocycles. The van der Waals surface area contributed by atoms with Crippen molar-refractivity contribution < 1.29 is 32.9 Å². The van der Waals surface area contributed by atoms with Gasteiger partial charge in [-0.15, -0.1) is 0 Å². The van der Waals surface area contributed by atoms with Gasteiger partial charge < -0.3 is 19.8 Å². The summed E-state index contributed by atoms with van der Waals surface area (Å²) in [5.74, 6) is -0.175. The van der Waals surface area contributed by atoms with Crippen molar-refractivity contribution in [3.63, 3.8) is 0 Å². The molecule has 0 saturated carbocycles. The van der Waals surface area contributed by atoms with E-state index in [0.717, 1.165) is 32.1 Å². The SMILES string of the molecule is CCCCCCCC/C=C\CCCCCCCCCCCC(=O)NC(COP(=O)(O)OCC[N+](C)(C)C)C(O)/C=C/CCCCCCCCCCCCCCCCCCCCCCCCCCCCC. The van der Waals surface area contributed by atoms with Gasteiger partial charge in [0.2, 0.25) is 5.91 Å². The second kappa shape index (κ2) is 52.8. The molecule has 0 aromatic heterocycles. The zero-order valence-corrected chi connectivity index (χ0v) is 48.4. The number of hydrogen-bond acceptors (Lipinski definition) is 5. The molecular weight excluding hydrogens is 888 g/mol. The van der Waals surface area contributed by atoms with E-state index >= 15 is 0 Å². The third-order valence-corrected chi connectivity index (χ3v) is 15.1. The van der Waals surface area contributed by atoms with E-state index < -0.39 is 20.0 Å². The summed E-state index contributed by atoms with van der Waals surface area (Å²) in [6.07, 6.45) is 67.2. The Balaban J connectivity index is 4.12. The molecule has 0 aliphatic rings. The molecule has 70 heavy (non-hydrogen) atoms. The molecule has 3 N–H and O–H groups in total. The average Bonchev–Trinajstić information content (AvgIpc) is 3.32. The Kier molecular flexibility index (Phi) is 52.1. The third-order valence-electron chi connectivity index (χ3n) is 14.2. The van der Waals surface area contributed by atoms with Gasteiger partial charge in [0, 0.05) is 6.42 Å². The van der Waals surface area contributed by atoms with Gasteiger partial charge in [0.15, 0.2) is 0 Å². The molecule has 3 atom stereocenters. The van der Waals surface area contributed by atoms with E-state index in [-0.39, 0.29) is 19.1 Å². The molecule has 9 heteroatoms. The molecule has 0 aromatic carbocycles. The van der Waals surface area contributed by atoms with Gasteiger partial charge in [-0.1, -0.05) is 282 Å². The fourth-order valence-corrected chi connectivity index (χ4v) is 10.1. The van der Waals surface area contributed by atoms with Crippen LogP contribution < -0.4 is 5.32 Å². The Hall–Kier alpha value is -1.02. The maximum Gasteiger partial charge on any atom is 0.472 e. The number of nitrogens with one attached hydrogen (secondary N) is 1. The predicted octanol–water partition coefficient (Wildman–Crippen LogP) is 18.8. The van der Waals surface area contributed by atoms with Gasteiger partial charge in [0.1, 0.15) is 13.2 Å². The number of phosphoric acid groups is 1. The van der Waals surface area contributed by atoms with Gasteiger partial charge in [-0.25, -0.2) is 4.57 Å². The largest absolute Gasteiger partial charge is 0.472 e. The lowest BCUT2D eigenvalue weighted by atomic mass is 10.0. The smallest absolute Gasteiger partial charge is 0.387 e. The maximum atomic E-state index is 13.0. The number of likely N-dealkylation sites (N-methyl/N-ethyl adjacent to an activating group) is 1. The molecule has 0 radical (unpaired) electrons. The topological polar surface area (TPSA) is 105 Å². The van der Waals surface area contributed by atoms with Gasteiger partial charge in [0.25, 0.3) is 0 Å². The molecule has 0 aliphatic carbocycles. The number of allylic oxidation sites excluding steroid dienone is 3. The van der Waals surface area contributed by atoms with Crippen LogP contribution in [0.4, 0.5) is 0 Å². The quantitative estimate of drug-likeness (QED) is 0.0243. The average molecular weight is 1010 g/mol. The molecule has 0 rings (SSSR count). The van der Waals surface area contributed by atoms with E-state index in [1.807, 2.05) is 27.2 Å². The van der Waals surface area contributed by atoms with Crippen LogP contribution in [-0.2, 0) is 18.4 Å².